The Bertz CT molecular complexity index is 1590. The molecule has 0 spiro atoms. The molecule has 1 N–H and O–H groups in total. The van der Waals surface area contributed by atoms with Crippen molar-refractivity contribution >= 4 is 22.4 Å². The first kappa shape index (κ1) is 24.9. The van der Waals surface area contributed by atoms with Gasteiger partial charge in [-0.2, -0.15) is 23.4 Å². The molecule has 0 saturated heterocycles. The number of fused-ring (bicyclic) bond motifs is 1. The van der Waals surface area contributed by atoms with Crippen LogP contribution in [0.5, 0.6) is 5.75 Å². The number of halogens is 3. The predicted molar refractivity (Wildman–Crippen MR) is 141 cm³/mol. The van der Waals surface area contributed by atoms with Gasteiger partial charge in [0, 0.05) is 48.3 Å². The van der Waals surface area contributed by atoms with Crippen LogP contribution in [0, 0.1) is 0 Å². The van der Waals surface area contributed by atoms with Crippen molar-refractivity contribution < 1.29 is 17.9 Å². The van der Waals surface area contributed by atoms with Crippen LogP contribution in [0.2, 0.25) is 0 Å². The molecule has 11 heteroatoms. The molecule has 1 saturated carbocycles. The third-order valence-electron chi connectivity index (χ3n) is 6.94. The lowest BCUT2D eigenvalue weighted by Gasteiger charge is -2.30. The van der Waals surface area contributed by atoms with E-state index in [1.54, 1.807) is 10.9 Å². The lowest BCUT2D eigenvalue weighted by Crippen LogP contribution is -2.27. The summed E-state index contributed by atoms with van der Waals surface area (Å²) in [6, 6.07) is 14.6. The van der Waals surface area contributed by atoms with Gasteiger partial charge in [0.15, 0.2) is 11.4 Å². The van der Waals surface area contributed by atoms with Crippen molar-refractivity contribution in [2.75, 3.05) is 5.32 Å². The molecule has 5 aromatic rings. The van der Waals surface area contributed by atoms with Crippen molar-refractivity contribution in [3.63, 3.8) is 0 Å². The monoisotopic (exact) mass is 533 g/mol. The second-order valence-corrected chi connectivity index (χ2v) is 9.67. The number of rotatable bonds is 6. The van der Waals surface area contributed by atoms with Crippen molar-refractivity contribution in [3.05, 3.63) is 79.0 Å². The molecule has 0 atom stereocenters. The van der Waals surface area contributed by atoms with E-state index in [4.69, 9.17) is 9.84 Å². The van der Waals surface area contributed by atoms with Gasteiger partial charge in [0.1, 0.15) is 11.5 Å². The highest BCUT2D eigenvalue weighted by molar-refractivity contribution is 5.94. The van der Waals surface area contributed by atoms with Gasteiger partial charge in [0.2, 0.25) is 0 Å². The number of aryl methyl sites for hydroxylation is 1. The van der Waals surface area contributed by atoms with Gasteiger partial charge in [-0.15, -0.1) is 0 Å². The number of nitrogens with zero attached hydrogens (tertiary/aromatic N) is 6. The van der Waals surface area contributed by atoms with Crippen LogP contribution in [-0.4, -0.2) is 35.6 Å². The third-order valence-corrected chi connectivity index (χ3v) is 6.94. The minimum atomic E-state index is -4.57. The van der Waals surface area contributed by atoms with E-state index < -0.39 is 11.9 Å². The Morgan fingerprint density at radius 1 is 0.974 bits per heavy atom. The molecule has 1 aliphatic carbocycles. The quantitative estimate of drug-likeness (QED) is 0.267. The molecule has 0 radical (unpaired) electrons. The fraction of sp³-hybridized carbons (Fsp3) is 0.286. The van der Waals surface area contributed by atoms with Gasteiger partial charge in [-0.1, -0.05) is 18.2 Å². The number of pyridine rings is 2. The predicted octanol–water partition coefficient (Wildman–Crippen LogP) is 6.55. The lowest BCUT2D eigenvalue weighted by molar-refractivity contribution is -0.143. The van der Waals surface area contributed by atoms with E-state index >= 15 is 0 Å². The molecule has 200 valence electrons. The average Bonchev–Trinajstić information content (AvgIpc) is 3.53. The number of benzene rings is 1. The molecule has 0 unspecified atom stereocenters. The Hall–Kier alpha value is -4.41. The van der Waals surface area contributed by atoms with E-state index in [9.17, 15) is 13.2 Å². The second-order valence-electron chi connectivity index (χ2n) is 9.67. The Balaban J connectivity index is 1.27. The topological polar surface area (TPSA) is 82.7 Å². The van der Waals surface area contributed by atoms with Crippen LogP contribution < -0.4 is 10.1 Å². The van der Waals surface area contributed by atoms with E-state index in [1.807, 2.05) is 60.5 Å². The molecule has 8 nitrogen and oxygen atoms in total. The molecule has 6 rings (SSSR count). The van der Waals surface area contributed by atoms with E-state index in [2.05, 4.69) is 20.4 Å². The highest BCUT2D eigenvalue weighted by atomic mass is 19.4. The molecule has 4 heterocycles. The number of nitrogens with one attached hydrogen (secondary N) is 1. The molecule has 1 aromatic carbocycles. The van der Waals surface area contributed by atoms with Crippen molar-refractivity contribution in [1.82, 2.24) is 29.5 Å². The number of alkyl halides is 3. The van der Waals surface area contributed by atoms with Crippen LogP contribution in [0.25, 0.3) is 22.2 Å². The fourth-order valence-corrected chi connectivity index (χ4v) is 5.09. The zero-order valence-corrected chi connectivity index (χ0v) is 21.1. The summed E-state index contributed by atoms with van der Waals surface area (Å²) in [5.41, 5.74) is 2.55. The first-order valence-electron chi connectivity index (χ1n) is 12.7. The Kier molecular flexibility index (Phi) is 6.41. The largest absolute Gasteiger partial charge is 0.488 e. The summed E-state index contributed by atoms with van der Waals surface area (Å²) in [5.74, 6) is 0.473. The zero-order valence-electron chi connectivity index (χ0n) is 21.1. The van der Waals surface area contributed by atoms with E-state index in [0.717, 1.165) is 34.0 Å². The van der Waals surface area contributed by atoms with Crippen molar-refractivity contribution in [2.24, 2.45) is 7.05 Å². The maximum Gasteiger partial charge on any atom is 0.437 e. The van der Waals surface area contributed by atoms with Gasteiger partial charge in [-0.25, -0.2) is 9.97 Å². The fourth-order valence-electron chi connectivity index (χ4n) is 5.09. The standard InChI is InChI=1S/C28H26F3N7O/c1-37-17-18(15-34-37)26-22-16-33-25(35-19-6-3-2-4-7-19)14-23(22)38(36-26)20-9-11-21(12-10-20)39-24-8-5-13-32-27(24)28(29,30)31/h2-8,13-17,20-21H,9-12H2,1H3,(H,33,35)/t20-,21+. The Morgan fingerprint density at radius 2 is 1.77 bits per heavy atom. The number of hydrogen-bond acceptors (Lipinski definition) is 6. The first-order valence-corrected chi connectivity index (χ1v) is 12.7. The van der Waals surface area contributed by atoms with E-state index in [0.29, 0.717) is 31.5 Å². The molecule has 1 aliphatic rings. The highest BCUT2D eigenvalue weighted by Crippen LogP contribution is 2.39. The zero-order chi connectivity index (χ0) is 27.0. The lowest BCUT2D eigenvalue weighted by atomic mass is 9.93. The smallest absolute Gasteiger partial charge is 0.437 e. The van der Waals surface area contributed by atoms with Gasteiger partial charge in [-0.3, -0.25) is 9.36 Å². The summed E-state index contributed by atoms with van der Waals surface area (Å²) in [6.45, 7) is 0. The van der Waals surface area contributed by atoms with E-state index in [1.165, 1.54) is 12.1 Å². The molecule has 4 aromatic heterocycles. The second kappa shape index (κ2) is 10.0. The maximum absolute atomic E-state index is 13.4. The molecule has 1 fully saturated rings. The van der Waals surface area contributed by atoms with Crippen LogP contribution in [0.1, 0.15) is 37.4 Å². The Labute approximate surface area is 222 Å². The summed E-state index contributed by atoms with van der Waals surface area (Å²) < 4.78 is 49.7. The minimum Gasteiger partial charge on any atom is -0.488 e. The van der Waals surface area contributed by atoms with Crippen LogP contribution >= 0.6 is 0 Å². The molecule has 39 heavy (non-hydrogen) atoms. The average molecular weight is 534 g/mol. The molecule has 0 bridgehead atoms. The molecular formula is C28H26F3N7O. The summed E-state index contributed by atoms with van der Waals surface area (Å²) in [5, 5.41) is 13.6. The summed E-state index contributed by atoms with van der Waals surface area (Å²) >= 11 is 0. The highest BCUT2D eigenvalue weighted by Gasteiger charge is 2.37. The molecular weight excluding hydrogens is 507 g/mol. The first-order chi connectivity index (χ1) is 18.8. The van der Waals surface area contributed by atoms with Gasteiger partial charge >= 0.3 is 6.18 Å². The van der Waals surface area contributed by atoms with Crippen LogP contribution in [0.3, 0.4) is 0 Å². The van der Waals surface area contributed by atoms with E-state index in [-0.39, 0.29) is 17.9 Å². The SMILES string of the molecule is Cn1cc(-c2nn([C@H]3CC[C@@H](Oc4cccnc4C(F)(F)F)CC3)c3cc(Nc4ccccc4)ncc23)cn1. The number of anilines is 2. The van der Waals surface area contributed by atoms with Crippen molar-refractivity contribution in [3.8, 4) is 17.0 Å². The van der Waals surface area contributed by atoms with Gasteiger partial charge in [0.25, 0.3) is 0 Å². The summed E-state index contributed by atoms with van der Waals surface area (Å²) in [4.78, 5) is 8.13. The molecule has 0 aliphatic heterocycles. The normalized spacial score (nSPS) is 17.8. The van der Waals surface area contributed by atoms with Gasteiger partial charge < -0.3 is 10.1 Å². The van der Waals surface area contributed by atoms with Gasteiger partial charge in [0.05, 0.1) is 23.9 Å². The maximum atomic E-state index is 13.4. The summed E-state index contributed by atoms with van der Waals surface area (Å²) in [7, 11) is 1.86. The van der Waals surface area contributed by atoms with Crippen LogP contribution in [0.15, 0.2) is 73.3 Å². The number of para-hydroxylation sites is 1. The van der Waals surface area contributed by atoms with Crippen LogP contribution in [0.4, 0.5) is 24.7 Å². The third kappa shape index (κ3) is 5.16. The number of ether oxygens (including phenoxy) is 1. The van der Waals surface area contributed by atoms with Gasteiger partial charge in [-0.05, 0) is 49.9 Å². The van der Waals surface area contributed by atoms with Crippen molar-refractivity contribution in [2.45, 2.75) is 44.0 Å². The van der Waals surface area contributed by atoms with Crippen LogP contribution in [-0.2, 0) is 13.2 Å². The van der Waals surface area contributed by atoms with Crippen molar-refractivity contribution in [1.29, 1.82) is 0 Å². The summed E-state index contributed by atoms with van der Waals surface area (Å²) in [6.07, 6.45) is 4.36. The Morgan fingerprint density at radius 3 is 2.49 bits per heavy atom. The minimum absolute atomic E-state index is 0.0562. The molecule has 0 amide bonds. The number of aromatic nitrogens is 6. The number of hydrogen-bond donors (Lipinski definition) is 1.